The molecule has 7 nitrogen and oxygen atoms in total. The van der Waals surface area contributed by atoms with Gasteiger partial charge in [0.25, 0.3) is 0 Å². The Morgan fingerprint density at radius 1 is 0.487 bits per heavy atom. The van der Waals surface area contributed by atoms with E-state index in [4.69, 9.17) is 26.6 Å². The van der Waals surface area contributed by atoms with Gasteiger partial charge in [-0.3, -0.25) is 0 Å². The molecule has 1 aromatic heterocycles. The number of nitrogens with zero attached hydrogens (tertiary/aromatic N) is 1. The zero-order chi connectivity index (χ0) is 27.9. The molecule has 0 N–H and O–H groups in total. The number of fused-ring (bicyclic) bond motifs is 3. The predicted molar refractivity (Wildman–Crippen MR) is 161 cm³/mol. The van der Waals surface area contributed by atoms with Crippen molar-refractivity contribution >= 4 is 49.8 Å². The van der Waals surface area contributed by atoms with Crippen molar-refractivity contribution in [2.45, 2.75) is 41.5 Å². The average Bonchev–Trinajstić information content (AvgIpc) is 3.27. The van der Waals surface area contributed by atoms with Gasteiger partial charge in [0, 0.05) is 66.5 Å². The van der Waals surface area contributed by atoms with Crippen LogP contribution in [0.5, 0.6) is 0 Å². The summed E-state index contributed by atoms with van der Waals surface area (Å²) in [7, 11) is -6.22. The number of aromatic nitrogens is 1. The lowest BCUT2D eigenvalue weighted by atomic mass is 10.1. The molecule has 0 radical (unpaired) electrons. The SMILES string of the molecule is CCO[Si](OCC)(OCC)c1ccc2c(c1)c1cc([Si](OCC)(OCC)OCC)ccc1n2-c1ccccc1. The third-order valence-corrected chi connectivity index (χ3v) is 12.5. The monoisotopic (exact) mass is 567 g/mol. The van der Waals surface area contributed by atoms with Gasteiger partial charge in [-0.2, -0.15) is 0 Å². The molecule has 0 saturated carbocycles. The Bertz CT molecular complexity index is 1240. The van der Waals surface area contributed by atoms with Crippen LogP contribution in [-0.4, -0.2) is 61.8 Å². The van der Waals surface area contributed by atoms with E-state index in [2.05, 4.69) is 65.2 Å². The van der Waals surface area contributed by atoms with Crippen LogP contribution < -0.4 is 10.4 Å². The first-order valence-electron chi connectivity index (χ1n) is 14.0. The first kappa shape index (κ1) is 29.6. The third-order valence-electron chi connectivity index (χ3n) is 6.49. The molecule has 0 saturated heterocycles. The molecule has 0 fully saturated rings. The van der Waals surface area contributed by atoms with Gasteiger partial charge in [-0.15, -0.1) is 0 Å². The van der Waals surface area contributed by atoms with E-state index in [-0.39, 0.29) is 0 Å². The van der Waals surface area contributed by atoms with Crippen LogP contribution in [0.2, 0.25) is 0 Å². The Hall–Kier alpha value is -2.35. The minimum atomic E-state index is -3.11. The lowest BCUT2D eigenvalue weighted by Gasteiger charge is -2.29. The minimum Gasteiger partial charge on any atom is -0.370 e. The van der Waals surface area contributed by atoms with Gasteiger partial charge in [0.1, 0.15) is 0 Å². The molecule has 210 valence electrons. The van der Waals surface area contributed by atoms with Crippen LogP contribution >= 0.6 is 0 Å². The smallest absolute Gasteiger partial charge is 0.370 e. The fourth-order valence-electron chi connectivity index (χ4n) is 5.15. The largest absolute Gasteiger partial charge is 0.537 e. The summed E-state index contributed by atoms with van der Waals surface area (Å²) in [4.78, 5) is 0. The van der Waals surface area contributed by atoms with Crippen LogP contribution in [0, 0.1) is 0 Å². The summed E-state index contributed by atoms with van der Waals surface area (Å²) in [6, 6.07) is 23.2. The van der Waals surface area contributed by atoms with Crippen LogP contribution in [0.1, 0.15) is 41.5 Å². The molecule has 3 aromatic carbocycles. The highest BCUT2D eigenvalue weighted by Crippen LogP contribution is 2.32. The third kappa shape index (κ3) is 5.77. The molecule has 0 bridgehead atoms. The first-order valence-corrected chi connectivity index (χ1v) is 17.5. The molecule has 0 aliphatic carbocycles. The van der Waals surface area contributed by atoms with Gasteiger partial charge in [0.05, 0.1) is 11.0 Å². The lowest BCUT2D eigenvalue weighted by molar-refractivity contribution is 0.0851. The second kappa shape index (κ2) is 13.3. The van der Waals surface area contributed by atoms with E-state index in [1.54, 1.807) is 0 Å². The summed E-state index contributed by atoms with van der Waals surface area (Å²) >= 11 is 0. The van der Waals surface area contributed by atoms with Gasteiger partial charge >= 0.3 is 17.6 Å². The van der Waals surface area contributed by atoms with Crippen LogP contribution in [0.4, 0.5) is 0 Å². The highest BCUT2D eigenvalue weighted by atomic mass is 28.4. The van der Waals surface area contributed by atoms with E-state index in [9.17, 15) is 0 Å². The summed E-state index contributed by atoms with van der Waals surface area (Å²) in [5.41, 5.74) is 3.26. The zero-order valence-electron chi connectivity index (χ0n) is 24.0. The van der Waals surface area contributed by atoms with Crippen molar-refractivity contribution in [1.29, 1.82) is 0 Å². The zero-order valence-corrected chi connectivity index (χ0v) is 26.0. The van der Waals surface area contributed by atoms with Crippen molar-refractivity contribution in [2.24, 2.45) is 0 Å². The second-order valence-corrected chi connectivity index (χ2v) is 14.0. The van der Waals surface area contributed by atoms with E-state index >= 15 is 0 Å². The molecule has 39 heavy (non-hydrogen) atoms. The summed E-state index contributed by atoms with van der Waals surface area (Å²) in [5.74, 6) is 0. The minimum absolute atomic E-state index is 0.505. The van der Waals surface area contributed by atoms with Crippen molar-refractivity contribution < 1.29 is 26.6 Å². The van der Waals surface area contributed by atoms with Gasteiger partial charge in [-0.05, 0) is 77.9 Å². The Kier molecular flexibility index (Phi) is 10.1. The number of para-hydroxylation sites is 1. The van der Waals surface area contributed by atoms with Gasteiger partial charge < -0.3 is 31.1 Å². The number of rotatable bonds is 15. The number of hydrogen-bond donors (Lipinski definition) is 0. The van der Waals surface area contributed by atoms with Gasteiger partial charge in [-0.25, -0.2) is 0 Å². The molecule has 0 unspecified atom stereocenters. The fraction of sp³-hybridized carbons (Fsp3) is 0.400. The summed E-state index contributed by atoms with van der Waals surface area (Å²) in [5, 5.41) is 4.05. The van der Waals surface area contributed by atoms with Crippen LogP contribution in [-0.2, 0) is 26.6 Å². The van der Waals surface area contributed by atoms with Crippen molar-refractivity contribution in [2.75, 3.05) is 39.6 Å². The highest BCUT2D eigenvalue weighted by Gasteiger charge is 2.45. The standard InChI is InChI=1S/C30H41NO6Si2/c1-7-32-38(33-8-2,34-9-3)25-18-20-29-27(22-25)28-23-26(39(35-10-4,36-11-5)37-12-6)19-21-30(28)31(29)24-16-14-13-15-17-24/h13-23H,7-12H2,1-6H3. The second-order valence-electron chi connectivity index (χ2n) is 8.85. The van der Waals surface area contributed by atoms with Crippen molar-refractivity contribution in [3.05, 3.63) is 66.7 Å². The van der Waals surface area contributed by atoms with Gasteiger partial charge in [-0.1, -0.05) is 30.3 Å². The van der Waals surface area contributed by atoms with E-state index in [0.29, 0.717) is 39.6 Å². The molecule has 0 aliphatic rings. The molecular weight excluding hydrogens is 527 g/mol. The number of hydrogen-bond acceptors (Lipinski definition) is 6. The molecule has 0 spiro atoms. The molecule has 0 atom stereocenters. The average molecular weight is 568 g/mol. The molecule has 4 rings (SSSR count). The summed E-state index contributed by atoms with van der Waals surface area (Å²) in [6.07, 6.45) is 0. The first-order chi connectivity index (χ1) is 19.0. The predicted octanol–water partition coefficient (Wildman–Crippen LogP) is 5.29. The van der Waals surface area contributed by atoms with Crippen LogP contribution in [0.15, 0.2) is 66.7 Å². The quantitative estimate of drug-likeness (QED) is 0.182. The maximum atomic E-state index is 6.26. The van der Waals surface area contributed by atoms with Gasteiger partial charge in [0.15, 0.2) is 0 Å². The molecule has 9 heteroatoms. The van der Waals surface area contributed by atoms with Gasteiger partial charge in [0.2, 0.25) is 0 Å². The topological polar surface area (TPSA) is 60.3 Å². The van der Waals surface area contributed by atoms with E-state index in [1.807, 2.05) is 47.6 Å². The molecule has 4 aromatic rings. The summed E-state index contributed by atoms with van der Waals surface area (Å²) < 4.78 is 39.8. The highest BCUT2D eigenvalue weighted by molar-refractivity contribution is 6.76. The Morgan fingerprint density at radius 2 is 0.846 bits per heavy atom. The summed E-state index contributed by atoms with van der Waals surface area (Å²) in [6.45, 7) is 14.9. The normalized spacial score (nSPS) is 12.6. The molecular formula is C30H41NO6Si2. The van der Waals surface area contributed by atoms with E-state index < -0.39 is 17.6 Å². The van der Waals surface area contributed by atoms with Crippen molar-refractivity contribution in [3.8, 4) is 5.69 Å². The Morgan fingerprint density at radius 3 is 1.18 bits per heavy atom. The van der Waals surface area contributed by atoms with Crippen molar-refractivity contribution in [1.82, 2.24) is 4.57 Å². The number of benzene rings is 3. The maximum absolute atomic E-state index is 6.26. The Labute approximate surface area is 234 Å². The Balaban J connectivity index is 2.04. The molecule has 1 heterocycles. The molecule has 0 amide bonds. The van der Waals surface area contributed by atoms with E-state index in [1.165, 1.54) is 0 Å². The lowest BCUT2D eigenvalue weighted by Crippen LogP contribution is -2.57. The fourth-order valence-corrected chi connectivity index (χ4v) is 10.1. The van der Waals surface area contributed by atoms with Crippen LogP contribution in [0.3, 0.4) is 0 Å². The van der Waals surface area contributed by atoms with Crippen LogP contribution in [0.25, 0.3) is 27.5 Å². The maximum Gasteiger partial charge on any atom is 0.537 e. The van der Waals surface area contributed by atoms with Crippen molar-refractivity contribution in [3.63, 3.8) is 0 Å². The van der Waals surface area contributed by atoms with E-state index in [0.717, 1.165) is 37.9 Å². The molecule has 0 aliphatic heterocycles.